The molecular formula is C19H25NO2S. The number of rotatable bonds is 7. The second-order valence-corrected chi connectivity index (χ2v) is 7.67. The van der Waals surface area contributed by atoms with Gasteiger partial charge in [0.2, 0.25) is 10.0 Å². The highest BCUT2D eigenvalue weighted by Crippen LogP contribution is 2.16. The minimum Gasteiger partial charge on any atom is -0.207 e. The fourth-order valence-corrected chi connectivity index (χ4v) is 3.18. The lowest BCUT2D eigenvalue weighted by Crippen LogP contribution is -2.31. The standard InChI is InChI=1S/C19H25NO2S/c1-16(2)8-6-14-20(15-7-9-17(3)4)23(21,22)19-12-10-18(5)11-13-19/h6-8,10-13H,1,14-15H2,2-5H3/b8-6+. The van der Waals surface area contributed by atoms with Gasteiger partial charge < -0.3 is 0 Å². The first-order chi connectivity index (χ1) is 10.7. The maximum atomic E-state index is 12.8. The van der Waals surface area contributed by atoms with Gasteiger partial charge in [0.05, 0.1) is 4.90 Å². The third kappa shape index (κ3) is 6.41. The Labute approximate surface area is 140 Å². The smallest absolute Gasteiger partial charge is 0.207 e. The summed E-state index contributed by atoms with van der Waals surface area (Å²) in [7, 11) is -3.54. The van der Waals surface area contributed by atoms with E-state index in [1.54, 1.807) is 30.3 Å². The van der Waals surface area contributed by atoms with Gasteiger partial charge in [0.15, 0.2) is 0 Å². The molecule has 0 aliphatic rings. The van der Waals surface area contributed by atoms with Crippen molar-refractivity contribution in [2.24, 2.45) is 0 Å². The molecule has 3 nitrogen and oxygen atoms in total. The van der Waals surface area contributed by atoms with Crippen molar-refractivity contribution in [3.63, 3.8) is 0 Å². The summed E-state index contributed by atoms with van der Waals surface area (Å²) < 4.78 is 27.0. The maximum Gasteiger partial charge on any atom is 0.243 e. The molecule has 0 unspecified atom stereocenters. The zero-order valence-corrected chi connectivity index (χ0v) is 15.2. The van der Waals surface area contributed by atoms with Gasteiger partial charge >= 0.3 is 0 Å². The van der Waals surface area contributed by atoms with Crippen molar-refractivity contribution >= 4 is 10.0 Å². The summed E-state index contributed by atoms with van der Waals surface area (Å²) in [5.41, 5.74) is 5.98. The predicted molar refractivity (Wildman–Crippen MR) is 96.8 cm³/mol. The normalized spacial score (nSPS) is 11.5. The summed E-state index contributed by atoms with van der Waals surface area (Å²) in [6, 6.07) is 6.90. The molecule has 0 fully saturated rings. The van der Waals surface area contributed by atoms with Crippen LogP contribution in [0.25, 0.3) is 0 Å². The number of hydrogen-bond donors (Lipinski definition) is 0. The summed E-state index contributed by atoms with van der Waals surface area (Å²) in [4.78, 5) is 0.303. The van der Waals surface area contributed by atoms with Crippen LogP contribution in [0.3, 0.4) is 0 Å². The van der Waals surface area contributed by atoms with Crippen molar-refractivity contribution in [3.05, 3.63) is 71.5 Å². The number of sulfonamides is 1. The Morgan fingerprint density at radius 3 is 2.30 bits per heavy atom. The summed E-state index contributed by atoms with van der Waals surface area (Å²) in [5, 5.41) is 0. The second kappa shape index (κ2) is 8.68. The lowest BCUT2D eigenvalue weighted by atomic mass is 10.2. The zero-order chi connectivity index (χ0) is 17.5. The van der Waals surface area contributed by atoms with Crippen LogP contribution in [0, 0.1) is 6.92 Å². The predicted octanol–water partition coefficient (Wildman–Crippen LogP) is 4.24. The van der Waals surface area contributed by atoms with Crippen molar-refractivity contribution in [1.29, 1.82) is 0 Å². The van der Waals surface area contributed by atoms with Gasteiger partial charge in [0.25, 0.3) is 0 Å². The largest absolute Gasteiger partial charge is 0.243 e. The highest BCUT2D eigenvalue weighted by Gasteiger charge is 2.22. The molecule has 1 aromatic rings. The molecule has 0 aromatic heterocycles. The topological polar surface area (TPSA) is 37.4 Å². The van der Waals surface area contributed by atoms with Crippen molar-refractivity contribution < 1.29 is 8.42 Å². The highest BCUT2D eigenvalue weighted by atomic mass is 32.2. The Bertz CT molecular complexity index is 730. The average Bonchev–Trinajstić information content (AvgIpc) is 2.45. The molecule has 0 heterocycles. The van der Waals surface area contributed by atoms with Crippen LogP contribution < -0.4 is 0 Å². The first-order valence-corrected chi connectivity index (χ1v) is 8.94. The van der Waals surface area contributed by atoms with Crippen LogP contribution in [0.2, 0.25) is 0 Å². The molecule has 124 valence electrons. The Hall–Kier alpha value is -1.87. The third-order valence-corrected chi connectivity index (χ3v) is 4.90. The molecule has 1 aromatic carbocycles. The first kappa shape index (κ1) is 19.2. The van der Waals surface area contributed by atoms with E-state index in [1.807, 2.05) is 39.8 Å². The molecule has 0 amide bonds. The van der Waals surface area contributed by atoms with Gasteiger partial charge in [0, 0.05) is 13.1 Å². The summed E-state index contributed by atoms with van der Waals surface area (Å²) in [6.07, 6.45) is 5.38. The lowest BCUT2D eigenvalue weighted by Gasteiger charge is -2.19. The van der Waals surface area contributed by atoms with Gasteiger partial charge in [-0.1, -0.05) is 42.0 Å². The first-order valence-electron chi connectivity index (χ1n) is 7.50. The van der Waals surface area contributed by atoms with E-state index in [1.165, 1.54) is 4.31 Å². The van der Waals surface area contributed by atoms with E-state index in [9.17, 15) is 8.42 Å². The van der Waals surface area contributed by atoms with Gasteiger partial charge in [-0.15, -0.1) is 5.73 Å². The van der Waals surface area contributed by atoms with Crippen molar-refractivity contribution in [1.82, 2.24) is 4.31 Å². The highest BCUT2D eigenvalue weighted by molar-refractivity contribution is 7.89. The van der Waals surface area contributed by atoms with Crippen molar-refractivity contribution in [2.45, 2.75) is 32.6 Å². The van der Waals surface area contributed by atoms with Gasteiger partial charge in [-0.2, -0.15) is 4.31 Å². The summed E-state index contributed by atoms with van der Waals surface area (Å²) in [6.45, 7) is 12.0. The van der Waals surface area contributed by atoms with Gasteiger partial charge in [0.1, 0.15) is 0 Å². The second-order valence-electron chi connectivity index (χ2n) is 5.73. The van der Waals surface area contributed by atoms with Crippen LogP contribution >= 0.6 is 0 Å². The van der Waals surface area contributed by atoms with Crippen LogP contribution in [0.15, 0.2) is 70.8 Å². The molecule has 0 aliphatic carbocycles. The van der Waals surface area contributed by atoms with Crippen molar-refractivity contribution in [2.75, 3.05) is 13.1 Å². The number of nitrogens with zero attached hydrogens (tertiary/aromatic N) is 1. The molecule has 0 bridgehead atoms. The fourth-order valence-electron chi connectivity index (χ4n) is 1.85. The molecule has 0 radical (unpaired) electrons. The molecule has 1 rings (SSSR count). The summed E-state index contributed by atoms with van der Waals surface area (Å²) in [5.74, 6) is 0. The van der Waals surface area contributed by atoms with Crippen LogP contribution in [0.5, 0.6) is 0 Å². The Morgan fingerprint density at radius 1 is 1.17 bits per heavy atom. The number of aryl methyl sites for hydroxylation is 1. The third-order valence-electron chi connectivity index (χ3n) is 3.06. The SMILES string of the molecule is C=C(C)/C=C/CN(CC=C=C(C)C)S(=O)(=O)c1ccc(C)cc1. The van der Waals surface area contributed by atoms with Gasteiger partial charge in [-0.05, 0) is 51.5 Å². The minimum absolute atomic E-state index is 0.280. The molecule has 0 aliphatic heterocycles. The molecule has 0 spiro atoms. The molecule has 0 atom stereocenters. The maximum absolute atomic E-state index is 12.8. The van der Waals surface area contributed by atoms with Crippen LogP contribution in [0.4, 0.5) is 0 Å². The molecule has 23 heavy (non-hydrogen) atoms. The number of allylic oxidation sites excluding steroid dienone is 2. The van der Waals surface area contributed by atoms with Gasteiger partial charge in [-0.25, -0.2) is 8.42 Å². The Morgan fingerprint density at radius 2 is 1.78 bits per heavy atom. The number of hydrogen-bond acceptors (Lipinski definition) is 2. The van der Waals surface area contributed by atoms with E-state index >= 15 is 0 Å². The van der Waals surface area contributed by atoms with E-state index < -0.39 is 10.0 Å². The Balaban J connectivity index is 3.12. The molecule has 4 heteroatoms. The fraction of sp³-hybridized carbons (Fsp3) is 0.316. The molecule has 0 saturated heterocycles. The quantitative estimate of drug-likeness (QED) is 0.553. The van der Waals surface area contributed by atoms with Crippen molar-refractivity contribution in [3.8, 4) is 0 Å². The molecular weight excluding hydrogens is 306 g/mol. The monoisotopic (exact) mass is 331 g/mol. The van der Waals surface area contributed by atoms with E-state index in [0.717, 1.165) is 16.7 Å². The van der Waals surface area contributed by atoms with Crippen LogP contribution in [-0.4, -0.2) is 25.8 Å². The zero-order valence-electron chi connectivity index (χ0n) is 14.3. The molecule has 0 saturated carbocycles. The van der Waals surface area contributed by atoms with Crippen LogP contribution in [0.1, 0.15) is 26.3 Å². The average molecular weight is 331 g/mol. The molecule has 0 N–H and O–H groups in total. The Kier molecular flexibility index (Phi) is 7.24. The van der Waals surface area contributed by atoms with E-state index in [0.29, 0.717) is 11.4 Å². The minimum atomic E-state index is -3.54. The van der Waals surface area contributed by atoms with E-state index in [-0.39, 0.29) is 6.54 Å². The van der Waals surface area contributed by atoms with Crippen LogP contribution in [-0.2, 0) is 10.0 Å². The van der Waals surface area contributed by atoms with Gasteiger partial charge in [-0.3, -0.25) is 0 Å². The van der Waals surface area contributed by atoms with E-state index in [2.05, 4.69) is 12.3 Å². The summed E-state index contributed by atoms with van der Waals surface area (Å²) >= 11 is 0. The number of benzene rings is 1. The lowest BCUT2D eigenvalue weighted by molar-refractivity contribution is 0.474. The van der Waals surface area contributed by atoms with E-state index in [4.69, 9.17) is 0 Å².